The summed E-state index contributed by atoms with van der Waals surface area (Å²) in [4.78, 5) is 3.94. The Bertz CT molecular complexity index is 500. The first kappa shape index (κ1) is 12.4. The van der Waals surface area contributed by atoms with Gasteiger partial charge in [0.25, 0.3) is 12.3 Å². The monoisotopic (exact) mass is 261 g/mol. The van der Waals surface area contributed by atoms with Crippen LogP contribution in [-0.2, 0) is 11.2 Å². The molecule has 0 fully saturated rings. The molecule has 0 spiro atoms. The molecular weight excluding hydrogens is 252 g/mol. The van der Waals surface area contributed by atoms with Crippen molar-refractivity contribution in [3.05, 3.63) is 5.82 Å². The number of nitrogens with two attached hydrogens (primary N) is 1. The largest absolute Gasteiger partial charge is 0.379 e. The Morgan fingerprint density at radius 3 is 2.78 bits per heavy atom. The molecule has 0 aliphatic heterocycles. The van der Waals surface area contributed by atoms with Crippen molar-refractivity contribution in [1.82, 2.24) is 20.5 Å². The quantitative estimate of drug-likeness (QED) is 0.749. The van der Waals surface area contributed by atoms with Crippen LogP contribution in [0.4, 0.5) is 14.6 Å². The van der Waals surface area contributed by atoms with Crippen LogP contribution >= 0.6 is 0 Å². The lowest BCUT2D eigenvalue weighted by molar-refractivity contribution is 0.0182. The first-order valence-electron chi connectivity index (χ1n) is 4.93. The summed E-state index contributed by atoms with van der Waals surface area (Å²) >= 11 is 0. The van der Waals surface area contributed by atoms with Gasteiger partial charge in [-0.15, -0.1) is 0 Å². The van der Waals surface area contributed by atoms with Crippen molar-refractivity contribution in [2.45, 2.75) is 12.8 Å². The van der Waals surface area contributed by atoms with Gasteiger partial charge in [0.05, 0.1) is 6.61 Å². The van der Waals surface area contributed by atoms with Crippen LogP contribution in [0.15, 0.2) is 9.15 Å². The number of nitrogen functional groups attached to an aromatic ring is 1. The third kappa shape index (κ3) is 2.97. The minimum atomic E-state index is -2.49. The van der Waals surface area contributed by atoms with E-state index in [1.54, 1.807) is 0 Å². The molecule has 0 bridgehead atoms. The predicted molar refractivity (Wildman–Crippen MR) is 52.5 cm³/mol. The van der Waals surface area contributed by atoms with Crippen LogP contribution in [0.25, 0.3) is 11.6 Å². The van der Waals surface area contributed by atoms with Gasteiger partial charge in [0.1, 0.15) is 6.61 Å². The van der Waals surface area contributed by atoms with Crippen LogP contribution in [0.1, 0.15) is 5.82 Å². The minimum absolute atomic E-state index is 0.0270. The fourth-order valence-corrected chi connectivity index (χ4v) is 1.13. The molecule has 2 heterocycles. The molecule has 10 heteroatoms. The molecule has 0 unspecified atom stereocenters. The highest BCUT2D eigenvalue weighted by Gasteiger charge is 2.16. The molecule has 0 radical (unpaired) electrons. The smallest absolute Gasteiger partial charge is 0.284 e. The molecule has 0 aliphatic carbocycles. The van der Waals surface area contributed by atoms with E-state index >= 15 is 0 Å². The van der Waals surface area contributed by atoms with Gasteiger partial charge in [-0.1, -0.05) is 5.16 Å². The Balaban J connectivity index is 1.89. The van der Waals surface area contributed by atoms with E-state index in [0.717, 1.165) is 0 Å². The SMILES string of the molecule is Nc1nonc1-c1nc(CCOCC(F)F)no1. The van der Waals surface area contributed by atoms with E-state index in [-0.39, 0.29) is 30.4 Å². The molecule has 2 aromatic rings. The number of hydrogen-bond donors (Lipinski definition) is 1. The zero-order chi connectivity index (χ0) is 13.0. The highest BCUT2D eigenvalue weighted by atomic mass is 19.3. The van der Waals surface area contributed by atoms with Gasteiger partial charge in [-0.25, -0.2) is 13.4 Å². The normalized spacial score (nSPS) is 11.3. The molecule has 2 aromatic heterocycles. The lowest BCUT2D eigenvalue weighted by Gasteiger charge is -1.99. The van der Waals surface area contributed by atoms with E-state index in [4.69, 9.17) is 10.3 Å². The summed E-state index contributed by atoms with van der Waals surface area (Å²) in [6.07, 6.45) is -2.26. The number of alkyl halides is 2. The van der Waals surface area contributed by atoms with Crippen molar-refractivity contribution in [3.63, 3.8) is 0 Å². The Morgan fingerprint density at radius 1 is 1.28 bits per heavy atom. The van der Waals surface area contributed by atoms with Crippen molar-refractivity contribution in [2.75, 3.05) is 18.9 Å². The van der Waals surface area contributed by atoms with Gasteiger partial charge in [-0.05, 0) is 10.3 Å². The predicted octanol–water partition coefficient (Wildman–Crippen LogP) is 0.526. The highest BCUT2D eigenvalue weighted by Crippen LogP contribution is 2.19. The number of aromatic nitrogens is 4. The van der Waals surface area contributed by atoms with Crippen LogP contribution in [0.5, 0.6) is 0 Å². The number of hydrogen-bond acceptors (Lipinski definition) is 8. The van der Waals surface area contributed by atoms with Crippen molar-refractivity contribution in [2.24, 2.45) is 0 Å². The molecule has 0 aliphatic rings. The first-order valence-corrected chi connectivity index (χ1v) is 4.93. The first-order chi connectivity index (χ1) is 8.66. The maximum Gasteiger partial charge on any atom is 0.284 e. The van der Waals surface area contributed by atoms with Gasteiger partial charge in [0, 0.05) is 6.42 Å². The van der Waals surface area contributed by atoms with Gasteiger partial charge in [0.2, 0.25) is 11.5 Å². The van der Waals surface area contributed by atoms with Crippen molar-refractivity contribution < 1.29 is 22.7 Å². The van der Waals surface area contributed by atoms with Crippen LogP contribution in [0, 0.1) is 0 Å². The summed E-state index contributed by atoms with van der Waals surface area (Å²) in [5, 5.41) is 10.4. The lowest BCUT2D eigenvalue weighted by Crippen LogP contribution is -2.07. The van der Waals surface area contributed by atoms with Crippen LogP contribution in [0.3, 0.4) is 0 Å². The second kappa shape index (κ2) is 5.49. The average molecular weight is 261 g/mol. The standard InChI is InChI=1S/C8H9F2N5O3/c9-4(10)3-16-2-1-5-12-8(17-13-5)6-7(11)15-18-14-6/h4H,1-3H2,(H2,11,15). The zero-order valence-electron chi connectivity index (χ0n) is 9.05. The molecule has 8 nitrogen and oxygen atoms in total. The number of halogens is 2. The topological polar surface area (TPSA) is 113 Å². The fraction of sp³-hybridized carbons (Fsp3) is 0.500. The lowest BCUT2D eigenvalue weighted by atomic mass is 10.4. The molecule has 2 rings (SSSR count). The molecule has 0 saturated heterocycles. The van der Waals surface area contributed by atoms with E-state index in [2.05, 4.69) is 29.8 Å². The van der Waals surface area contributed by atoms with E-state index in [1.807, 2.05) is 0 Å². The number of nitrogens with zero attached hydrogens (tertiary/aromatic N) is 4. The summed E-state index contributed by atoms with van der Waals surface area (Å²) in [6.45, 7) is -0.555. The van der Waals surface area contributed by atoms with E-state index < -0.39 is 13.0 Å². The Hall–Kier alpha value is -2.10. The second-order valence-corrected chi connectivity index (χ2v) is 3.23. The fourth-order valence-electron chi connectivity index (χ4n) is 1.13. The van der Waals surface area contributed by atoms with Crippen LogP contribution < -0.4 is 5.73 Å². The molecule has 2 N–H and O–H groups in total. The number of rotatable bonds is 6. The van der Waals surface area contributed by atoms with Gasteiger partial charge in [-0.3, -0.25) is 0 Å². The van der Waals surface area contributed by atoms with Crippen molar-refractivity contribution in [1.29, 1.82) is 0 Å². The van der Waals surface area contributed by atoms with Crippen LogP contribution in [-0.4, -0.2) is 40.1 Å². The molecule has 18 heavy (non-hydrogen) atoms. The van der Waals surface area contributed by atoms with Crippen molar-refractivity contribution in [3.8, 4) is 11.6 Å². The average Bonchev–Trinajstić information content (AvgIpc) is 2.92. The second-order valence-electron chi connectivity index (χ2n) is 3.23. The summed E-state index contributed by atoms with van der Waals surface area (Å²) in [5.41, 5.74) is 5.57. The summed E-state index contributed by atoms with van der Waals surface area (Å²) < 4.78 is 37.5. The number of ether oxygens (including phenoxy) is 1. The van der Waals surface area contributed by atoms with E-state index in [9.17, 15) is 8.78 Å². The number of anilines is 1. The van der Waals surface area contributed by atoms with Gasteiger partial charge < -0.3 is 15.0 Å². The van der Waals surface area contributed by atoms with Crippen LogP contribution in [0.2, 0.25) is 0 Å². The molecule has 0 saturated carbocycles. The minimum Gasteiger partial charge on any atom is -0.379 e. The Kier molecular flexibility index (Phi) is 3.77. The molecule has 0 aromatic carbocycles. The maximum absolute atomic E-state index is 11.8. The van der Waals surface area contributed by atoms with Gasteiger partial charge >= 0.3 is 0 Å². The van der Waals surface area contributed by atoms with E-state index in [0.29, 0.717) is 5.82 Å². The van der Waals surface area contributed by atoms with Gasteiger partial charge in [-0.2, -0.15) is 4.98 Å². The highest BCUT2D eigenvalue weighted by molar-refractivity contribution is 5.60. The molecule has 0 atom stereocenters. The third-order valence-electron chi connectivity index (χ3n) is 1.90. The zero-order valence-corrected chi connectivity index (χ0v) is 9.05. The summed E-state index contributed by atoms with van der Waals surface area (Å²) in [6, 6.07) is 0. The molecular formula is C8H9F2N5O3. The molecule has 98 valence electrons. The van der Waals surface area contributed by atoms with E-state index in [1.165, 1.54) is 0 Å². The Labute approximate surface area is 99.1 Å². The summed E-state index contributed by atoms with van der Waals surface area (Å²) in [5.74, 6) is 0.374. The third-order valence-corrected chi connectivity index (χ3v) is 1.90. The Morgan fingerprint density at radius 2 is 2.11 bits per heavy atom. The summed E-state index contributed by atoms with van der Waals surface area (Å²) in [7, 11) is 0. The maximum atomic E-state index is 11.8. The molecule has 0 amide bonds. The van der Waals surface area contributed by atoms with Gasteiger partial charge in [0.15, 0.2) is 5.82 Å². The van der Waals surface area contributed by atoms with Crippen molar-refractivity contribution >= 4 is 5.82 Å².